The lowest BCUT2D eigenvalue weighted by Crippen LogP contribution is -2.34. The van der Waals surface area contributed by atoms with Crippen molar-refractivity contribution in [2.75, 3.05) is 18.5 Å². The summed E-state index contributed by atoms with van der Waals surface area (Å²) in [4.78, 5) is 16.9. The van der Waals surface area contributed by atoms with Crippen molar-refractivity contribution in [3.8, 4) is 11.4 Å². The van der Waals surface area contributed by atoms with E-state index in [9.17, 15) is 13.6 Å². The number of anilines is 2. The average molecular weight is 536 g/mol. The van der Waals surface area contributed by atoms with Crippen molar-refractivity contribution in [2.24, 2.45) is 7.05 Å². The fourth-order valence-corrected chi connectivity index (χ4v) is 5.05. The lowest BCUT2D eigenvalue weighted by atomic mass is 10.0. The largest absolute Gasteiger partial charge is 0.356 e. The lowest BCUT2D eigenvalue weighted by molar-refractivity contribution is -0.0366. The summed E-state index contributed by atoms with van der Waals surface area (Å²) in [5, 5.41) is 16.1. The fraction of sp³-hybridized carbons (Fsp3) is 0.429. The average Bonchev–Trinajstić information content (AvgIpc) is 3.57. The van der Waals surface area contributed by atoms with Gasteiger partial charge < -0.3 is 15.4 Å². The number of fused-ring (bicyclic) bond motifs is 1. The fourth-order valence-electron chi connectivity index (χ4n) is 5.05. The molecule has 1 aliphatic heterocycles. The summed E-state index contributed by atoms with van der Waals surface area (Å²) < 4.78 is 35.8. The summed E-state index contributed by atoms with van der Waals surface area (Å²) in [6.07, 6.45) is 7.41. The maximum absolute atomic E-state index is 13.1. The van der Waals surface area contributed by atoms with Gasteiger partial charge in [0.15, 0.2) is 12.1 Å². The summed E-state index contributed by atoms with van der Waals surface area (Å²) >= 11 is 0. The molecule has 0 spiro atoms. The summed E-state index contributed by atoms with van der Waals surface area (Å²) in [5.41, 5.74) is 4.31. The van der Waals surface area contributed by atoms with E-state index in [0.29, 0.717) is 28.8 Å². The molecule has 9 nitrogen and oxygen atoms in total. The van der Waals surface area contributed by atoms with E-state index in [-0.39, 0.29) is 6.23 Å². The van der Waals surface area contributed by atoms with Gasteiger partial charge in [0, 0.05) is 42.8 Å². The van der Waals surface area contributed by atoms with Crippen molar-refractivity contribution < 1.29 is 18.3 Å². The molecule has 1 saturated heterocycles. The first-order chi connectivity index (χ1) is 18.8. The monoisotopic (exact) mass is 535 g/mol. The Hall–Kier alpha value is -3.86. The minimum Gasteiger partial charge on any atom is -0.356 e. The zero-order chi connectivity index (χ0) is 27.1. The minimum absolute atomic E-state index is 0.0199. The molecule has 39 heavy (non-hydrogen) atoms. The minimum atomic E-state index is -2.97. The number of carbonyl (C=O) groups excluding carboxylic acids is 1. The molecule has 2 N–H and O–H groups in total. The summed E-state index contributed by atoms with van der Waals surface area (Å²) in [6.45, 7) is 0.817. The van der Waals surface area contributed by atoms with Crippen molar-refractivity contribution >= 4 is 28.4 Å². The number of hydrogen-bond acceptors (Lipinski definition) is 6. The number of nitrogens with one attached hydrogen (secondary N) is 2. The Morgan fingerprint density at radius 3 is 2.62 bits per heavy atom. The predicted molar refractivity (Wildman–Crippen MR) is 143 cm³/mol. The molecule has 1 atom stereocenters. The zero-order valence-corrected chi connectivity index (χ0v) is 22.0. The van der Waals surface area contributed by atoms with E-state index in [4.69, 9.17) is 14.8 Å². The number of aryl methyl sites for hydroxylation is 1. The van der Waals surface area contributed by atoms with Crippen molar-refractivity contribution in [3.63, 3.8) is 0 Å². The third-order valence-electron chi connectivity index (χ3n) is 7.21. The van der Waals surface area contributed by atoms with Crippen LogP contribution in [-0.2, 0) is 11.8 Å². The maximum Gasteiger partial charge on any atom is 0.262 e. The van der Waals surface area contributed by atoms with E-state index in [0.717, 1.165) is 62.2 Å². The van der Waals surface area contributed by atoms with Crippen LogP contribution in [0.3, 0.4) is 0 Å². The number of halogens is 2. The summed E-state index contributed by atoms with van der Waals surface area (Å²) in [5.74, 6) is -1.98. The molecule has 3 heterocycles. The standard InChI is InChI=1S/C28H31F2N7O2/c1-28(29,30)16-31-26(38)19-10-8-18(9-11-19)25-34-27(36(2)35-25)33-21-12-13-22-20(24(21)17-6-7-17)15-32-37(22)23-5-3-4-14-39-23/h8-13,15,17,23H,3-7,14,16H2,1-2H3,(H,31,38)(H,33,34,35). The second-order valence-corrected chi connectivity index (χ2v) is 10.5. The van der Waals surface area contributed by atoms with Crippen LogP contribution in [0.2, 0.25) is 0 Å². The Morgan fingerprint density at radius 2 is 1.92 bits per heavy atom. The van der Waals surface area contributed by atoms with Gasteiger partial charge in [-0.05, 0) is 67.9 Å². The maximum atomic E-state index is 13.1. The molecule has 2 aliphatic rings. The smallest absolute Gasteiger partial charge is 0.262 e. The van der Waals surface area contributed by atoms with Gasteiger partial charge in [0.2, 0.25) is 5.95 Å². The SMILES string of the molecule is Cn1nc(-c2ccc(C(=O)NCC(C)(F)F)cc2)nc1Nc1ccc2c(cnn2C2CCCCO2)c1C1CC1. The van der Waals surface area contributed by atoms with Crippen molar-refractivity contribution in [3.05, 3.63) is 53.7 Å². The van der Waals surface area contributed by atoms with Crippen LogP contribution >= 0.6 is 0 Å². The van der Waals surface area contributed by atoms with Crippen LogP contribution in [0.15, 0.2) is 42.6 Å². The van der Waals surface area contributed by atoms with Crippen LogP contribution in [0.1, 0.15) is 67.1 Å². The summed E-state index contributed by atoms with van der Waals surface area (Å²) in [6, 6.07) is 10.7. The molecular formula is C28H31F2N7O2. The molecule has 0 bridgehead atoms. The molecule has 204 valence electrons. The number of alkyl halides is 2. The lowest BCUT2D eigenvalue weighted by Gasteiger charge is -2.23. The van der Waals surface area contributed by atoms with Crippen LogP contribution in [0.25, 0.3) is 22.3 Å². The second kappa shape index (κ2) is 10.0. The van der Waals surface area contributed by atoms with Crippen LogP contribution < -0.4 is 10.6 Å². The molecule has 0 radical (unpaired) electrons. The van der Waals surface area contributed by atoms with Gasteiger partial charge >= 0.3 is 0 Å². The molecular weight excluding hydrogens is 504 g/mol. The van der Waals surface area contributed by atoms with E-state index in [1.54, 1.807) is 28.9 Å². The van der Waals surface area contributed by atoms with Crippen molar-refractivity contribution in [1.29, 1.82) is 0 Å². The first kappa shape index (κ1) is 25.4. The number of aromatic nitrogens is 5. The van der Waals surface area contributed by atoms with Gasteiger partial charge in [-0.1, -0.05) is 12.1 Å². The van der Waals surface area contributed by atoms with Gasteiger partial charge in [-0.2, -0.15) is 10.1 Å². The highest BCUT2D eigenvalue weighted by Crippen LogP contribution is 2.47. The van der Waals surface area contributed by atoms with Crippen LogP contribution in [0, 0.1) is 0 Å². The van der Waals surface area contributed by atoms with E-state index >= 15 is 0 Å². The number of rotatable bonds is 8. The highest BCUT2D eigenvalue weighted by Gasteiger charge is 2.30. The molecule has 2 fully saturated rings. The Morgan fingerprint density at radius 1 is 1.13 bits per heavy atom. The second-order valence-electron chi connectivity index (χ2n) is 10.5. The van der Waals surface area contributed by atoms with E-state index in [2.05, 4.69) is 27.9 Å². The Labute approximate surface area is 224 Å². The van der Waals surface area contributed by atoms with Gasteiger partial charge in [0.1, 0.15) is 0 Å². The van der Waals surface area contributed by atoms with Gasteiger partial charge in [-0.3, -0.25) is 4.79 Å². The Bertz CT molecular complexity index is 1500. The molecule has 2 aromatic heterocycles. The first-order valence-electron chi connectivity index (χ1n) is 13.3. The number of carbonyl (C=O) groups is 1. The summed E-state index contributed by atoms with van der Waals surface area (Å²) in [7, 11) is 1.82. The van der Waals surface area contributed by atoms with Crippen LogP contribution in [0.4, 0.5) is 20.4 Å². The van der Waals surface area contributed by atoms with Crippen molar-refractivity contribution in [2.45, 2.75) is 57.1 Å². The quantitative estimate of drug-likeness (QED) is 0.308. The number of amides is 1. The van der Waals surface area contributed by atoms with Gasteiger partial charge in [0.05, 0.1) is 18.3 Å². The first-order valence-corrected chi connectivity index (χ1v) is 13.3. The number of benzene rings is 2. The van der Waals surface area contributed by atoms with Crippen LogP contribution in [-0.4, -0.2) is 49.5 Å². The number of hydrogen-bond donors (Lipinski definition) is 2. The van der Waals surface area contributed by atoms with Gasteiger partial charge in [0.25, 0.3) is 11.8 Å². The van der Waals surface area contributed by atoms with E-state index in [1.165, 1.54) is 5.56 Å². The third-order valence-corrected chi connectivity index (χ3v) is 7.21. The molecule has 2 aromatic carbocycles. The van der Waals surface area contributed by atoms with E-state index in [1.807, 2.05) is 17.9 Å². The van der Waals surface area contributed by atoms with E-state index < -0.39 is 18.4 Å². The molecule has 1 unspecified atom stereocenters. The molecule has 11 heteroatoms. The van der Waals surface area contributed by atoms with Crippen LogP contribution in [0.5, 0.6) is 0 Å². The number of nitrogens with zero attached hydrogens (tertiary/aromatic N) is 5. The molecule has 6 rings (SSSR count). The molecule has 1 amide bonds. The normalized spacial score (nSPS) is 17.9. The topological polar surface area (TPSA) is 98.9 Å². The predicted octanol–water partition coefficient (Wildman–Crippen LogP) is 5.54. The molecule has 1 aliphatic carbocycles. The third kappa shape index (κ3) is 5.36. The van der Waals surface area contributed by atoms with Gasteiger partial charge in [-0.25, -0.2) is 18.1 Å². The Balaban J connectivity index is 1.23. The highest BCUT2D eigenvalue weighted by atomic mass is 19.3. The van der Waals surface area contributed by atoms with Crippen molar-refractivity contribution in [1.82, 2.24) is 29.9 Å². The molecule has 4 aromatic rings. The van der Waals surface area contributed by atoms with Gasteiger partial charge in [-0.15, -0.1) is 5.10 Å². The molecule has 1 saturated carbocycles. The zero-order valence-electron chi connectivity index (χ0n) is 22.0. The Kier molecular flexibility index (Phi) is 6.54. The number of ether oxygens (including phenoxy) is 1. The highest BCUT2D eigenvalue weighted by molar-refractivity contribution is 5.94.